The maximum Gasteiger partial charge on any atom is 0.416 e. The Morgan fingerprint density at radius 2 is 1.71 bits per heavy atom. The predicted molar refractivity (Wildman–Crippen MR) is 112 cm³/mol. The predicted octanol–water partition coefficient (Wildman–Crippen LogP) is 6.35. The molecule has 0 unspecified atom stereocenters. The lowest BCUT2D eigenvalue weighted by Crippen LogP contribution is -2.32. The van der Waals surface area contributed by atoms with E-state index >= 15 is 0 Å². The van der Waals surface area contributed by atoms with Gasteiger partial charge in [0.2, 0.25) is 0 Å². The summed E-state index contributed by atoms with van der Waals surface area (Å²) in [4.78, 5) is 14.3. The van der Waals surface area contributed by atoms with Crippen molar-refractivity contribution in [3.05, 3.63) is 67.0 Å². The first-order valence-corrected chi connectivity index (χ1v) is 10.5. The molecule has 0 bridgehead atoms. The molecule has 0 fully saturated rings. The molecule has 2 aromatic carbocycles. The fraction of sp³-hybridized carbons (Fsp3) is 0.318. The second-order valence-corrected chi connectivity index (χ2v) is 8.55. The number of benzene rings is 2. The number of alkyl halides is 3. The summed E-state index contributed by atoms with van der Waals surface area (Å²) < 4.78 is 50.4. The van der Waals surface area contributed by atoms with E-state index < -0.39 is 11.7 Å². The van der Waals surface area contributed by atoms with Gasteiger partial charge in [-0.15, -0.1) is 0 Å². The van der Waals surface area contributed by atoms with E-state index in [1.807, 2.05) is 0 Å². The standard InChI is InChI=1S/C22H16Cl2F3NO3/c23-16-7-11(22(25,26)27)5-6-18(16)28-9-15-19-14(8-17(24)20(15)30-10-28)12-3-1-2-4-13(12)21(29)31-19/h5-8H,1-4,9-10H2. The van der Waals surface area contributed by atoms with Crippen LogP contribution in [0.15, 0.2) is 33.5 Å². The molecule has 0 N–H and O–H groups in total. The highest BCUT2D eigenvalue weighted by molar-refractivity contribution is 6.33. The normalized spacial score (nSPS) is 16.1. The first kappa shape index (κ1) is 20.5. The van der Waals surface area contributed by atoms with Gasteiger partial charge in [0, 0.05) is 10.9 Å². The molecule has 1 aliphatic heterocycles. The van der Waals surface area contributed by atoms with Crippen LogP contribution in [0.25, 0.3) is 11.0 Å². The Balaban J connectivity index is 1.62. The van der Waals surface area contributed by atoms with Crippen LogP contribution >= 0.6 is 23.2 Å². The highest BCUT2D eigenvalue weighted by Crippen LogP contribution is 2.43. The molecule has 4 nitrogen and oxygen atoms in total. The lowest BCUT2D eigenvalue weighted by Gasteiger charge is -2.32. The molecule has 3 aromatic rings. The fourth-order valence-electron chi connectivity index (χ4n) is 4.36. The van der Waals surface area contributed by atoms with Gasteiger partial charge in [0.1, 0.15) is 11.3 Å². The number of hydrogen-bond donors (Lipinski definition) is 0. The van der Waals surface area contributed by atoms with E-state index in [4.69, 9.17) is 32.4 Å². The summed E-state index contributed by atoms with van der Waals surface area (Å²) in [6.07, 6.45) is -1.14. The molecular formula is C22H16Cl2F3NO3. The first-order chi connectivity index (χ1) is 14.7. The van der Waals surface area contributed by atoms with E-state index in [1.165, 1.54) is 6.07 Å². The number of fused-ring (bicyclic) bond motifs is 5. The van der Waals surface area contributed by atoms with Crippen LogP contribution in [-0.2, 0) is 25.6 Å². The zero-order valence-corrected chi connectivity index (χ0v) is 17.6. The van der Waals surface area contributed by atoms with Crippen molar-refractivity contribution in [1.29, 1.82) is 0 Å². The second kappa shape index (κ2) is 7.35. The largest absolute Gasteiger partial charge is 0.471 e. The molecule has 1 aliphatic carbocycles. The van der Waals surface area contributed by atoms with E-state index in [1.54, 1.807) is 11.0 Å². The number of ether oxygens (including phenoxy) is 1. The molecule has 0 atom stereocenters. The summed E-state index contributed by atoms with van der Waals surface area (Å²) in [7, 11) is 0. The first-order valence-electron chi connectivity index (χ1n) is 9.78. The van der Waals surface area contributed by atoms with Gasteiger partial charge in [-0.3, -0.25) is 0 Å². The molecule has 9 heteroatoms. The SMILES string of the molecule is O=c1oc2c3c(c(Cl)cc2c2c1CCCC2)OCN(c1ccc(C(F)(F)F)cc1Cl)C3. The van der Waals surface area contributed by atoms with Crippen molar-refractivity contribution in [1.82, 2.24) is 0 Å². The topological polar surface area (TPSA) is 42.7 Å². The van der Waals surface area contributed by atoms with Crippen molar-refractivity contribution in [2.24, 2.45) is 0 Å². The van der Waals surface area contributed by atoms with Gasteiger partial charge >= 0.3 is 11.8 Å². The smallest absolute Gasteiger partial charge is 0.416 e. The molecule has 1 aromatic heterocycles. The number of halogens is 5. The number of nitrogens with zero attached hydrogens (tertiary/aromatic N) is 1. The van der Waals surface area contributed by atoms with Gasteiger partial charge in [-0.1, -0.05) is 23.2 Å². The van der Waals surface area contributed by atoms with Crippen molar-refractivity contribution in [2.45, 2.75) is 38.4 Å². The molecule has 31 heavy (non-hydrogen) atoms. The molecule has 0 spiro atoms. The van der Waals surface area contributed by atoms with E-state index in [0.29, 0.717) is 39.6 Å². The minimum atomic E-state index is -4.49. The van der Waals surface area contributed by atoms with Gasteiger partial charge in [0.15, 0.2) is 6.73 Å². The maximum absolute atomic E-state index is 13.0. The molecule has 0 saturated heterocycles. The van der Waals surface area contributed by atoms with Crippen molar-refractivity contribution >= 4 is 39.9 Å². The van der Waals surface area contributed by atoms with Crippen LogP contribution in [0.5, 0.6) is 5.75 Å². The number of hydrogen-bond acceptors (Lipinski definition) is 4. The highest BCUT2D eigenvalue weighted by Gasteiger charge is 2.32. The summed E-state index contributed by atoms with van der Waals surface area (Å²) in [6.45, 7) is 0.262. The van der Waals surface area contributed by atoms with Crippen molar-refractivity contribution < 1.29 is 22.3 Å². The zero-order valence-electron chi connectivity index (χ0n) is 16.1. The van der Waals surface area contributed by atoms with Crippen LogP contribution in [0.3, 0.4) is 0 Å². The minimum absolute atomic E-state index is 0.0402. The Bertz CT molecular complexity index is 1270. The summed E-state index contributed by atoms with van der Waals surface area (Å²) in [5, 5.41) is 1.14. The van der Waals surface area contributed by atoms with E-state index in [2.05, 4.69) is 0 Å². The summed E-state index contributed by atoms with van der Waals surface area (Å²) in [5.41, 5.74) is 1.81. The van der Waals surface area contributed by atoms with E-state index in [9.17, 15) is 18.0 Å². The molecule has 0 amide bonds. The Labute approximate surface area is 185 Å². The van der Waals surface area contributed by atoms with Gasteiger partial charge in [-0.05, 0) is 55.5 Å². The van der Waals surface area contributed by atoms with Crippen LogP contribution in [-0.4, -0.2) is 6.73 Å². The Kier molecular flexibility index (Phi) is 4.86. The monoisotopic (exact) mass is 469 g/mol. The van der Waals surface area contributed by atoms with Gasteiger partial charge in [-0.25, -0.2) is 4.79 Å². The lowest BCUT2D eigenvalue weighted by atomic mass is 9.90. The quantitative estimate of drug-likeness (QED) is 0.389. The molecule has 162 valence electrons. The molecule has 2 aliphatic rings. The number of rotatable bonds is 1. The Morgan fingerprint density at radius 3 is 2.42 bits per heavy atom. The van der Waals surface area contributed by atoms with Crippen LogP contribution < -0.4 is 15.3 Å². The molecule has 2 heterocycles. The lowest BCUT2D eigenvalue weighted by molar-refractivity contribution is -0.137. The third-order valence-electron chi connectivity index (χ3n) is 5.84. The highest BCUT2D eigenvalue weighted by atomic mass is 35.5. The average molecular weight is 470 g/mol. The van der Waals surface area contributed by atoms with Crippen LogP contribution in [0.4, 0.5) is 18.9 Å². The number of aryl methyl sites for hydroxylation is 1. The average Bonchev–Trinajstić information content (AvgIpc) is 2.74. The van der Waals surface area contributed by atoms with Crippen molar-refractivity contribution in [2.75, 3.05) is 11.6 Å². The molecule has 0 radical (unpaired) electrons. The van der Waals surface area contributed by atoms with Crippen molar-refractivity contribution in [3.8, 4) is 5.75 Å². The minimum Gasteiger partial charge on any atom is -0.471 e. The van der Waals surface area contributed by atoms with Crippen LogP contribution in [0.1, 0.15) is 35.1 Å². The molecular weight excluding hydrogens is 454 g/mol. The Hall–Kier alpha value is -2.38. The van der Waals surface area contributed by atoms with Crippen LogP contribution in [0, 0.1) is 0 Å². The third kappa shape index (κ3) is 3.44. The molecule has 0 saturated carbocycles. The summed E-state index contributed by atoms with van der Waals surface area (Å²) in [5.74, 6) is 0.410. The third-order valence-corrected chi connectivity index (χ3v) is 6.43. The number of anilines is 1. The van der Waals surface area contributed by atoms with Gasteiger partial charge < -0.3 is 14.1 Å². The summed E-state index contributed by atoms with van der Waals surface area (Å²) in [6, 6.07) is 4.94. The second-order valence-electron chi connectivity index (χ2n) is 7.73. The zero-order chi connectivity index (χ0) is 21.9. The van der Waals surface area contributed by atoms with Gasteiger partial charge in [0.25, 0.3) is 0 Å². The van der Waals surface area contributed by atoms with Crippen molar-refractivity contribution in [3.63, 3.8) is 0 Å². The maximum atomic E-state index is 13.0. The summed E-state index contributed by atoms with van der Waals surface area (Å²) >= 11 is 12.7. The molecule has 5 rings (SSSR count). The van der Waals surface area contributed by atoms with E-state index in [-0.39, 0.29) is 23.9 Å². The fourth-order valence-corrected chi connectivity index (χ4v) is 4.94. The van der Waals surface area contributed by atoms with Crippen LogP contribution in [0.2, 0.25) is 10.0 Å². The van der Waals surface area contributed by atoms with Gasteiger partial charge in [-0.2, -0.15) is 13.2 Å². The Morgan fingerprint density at radius 1 is 0.968 bits per heavy atom. The van der Waals surface area contributed by atoms with Gasteiger partial charge in [0.05, 0.1) is 33.4 Å². The van der Waals surface area contributed by atoms with E-state index in [0.717, 1.165) is 42.3 Å².